The number of fused-ring (bicyclic) bond motifs is 1. The Bertz CT molecular complexity index is 1890. The maximum absolute atomic E-state index is 11.9. The molecule has 0 saturated carbocycles. The van der Waals surface area contributed by atoms with Gasteiger partial charge in [-0.2, -0.15) is 0 Å². The van der Waals surface area contributed by atoms with E-state index in [-0.39, 0.29) is 37.4 Å². The van der Waals surface area contributed by atoms with E-state index in [9.17, 15) is 9.90 Å². The molecule has 0 aromatic heterocycles. The minimum atomic E-state index is -0.561. The standard InChI is InChI=1S/C43H46N2O5/c1-5-23-48-43(47)44-26-32-9-8-12-38(24-32)34-17-20-36(21-18-34)42-49-40(29(2)41(50-42)35-15-13-31(28-46)14-16-35)27-45(4)30(3)37-22-19-33-10-6-7-11-39(33)25-37/h5-22,24-25,29-30,40-42,46H,1,23,26-28H2,2-4H3,(H,44,47)/t29-,30+,40+,41+,42+/m0/s1. The van der Waals surface area contributed by atoms with E-state index in [0.717, 1.165) is 39.9 Å². The van der Waals surface area contributed by atoms with E-state index < -0.39 is 12.4 Å². The molecule has 50 heavy (non-hydrogen) atoms. The highest BCUT2D eigenvalue weighted by atomic mass is 16.7. The lowest BCUT2D eigenvalue weighted by atomic mass is 9.89. The van der Waals surface area contributed by atoms with Crippen molar-refractivity contribution in [1.29, 1.82) is 0 Å². The van der Waals surface area contributed by atoms with Crippen LogP contribution in [0.5, 0.6) is 0 Å². The maximum Gasteiger partial charge on any atom is 0.407 e. The van der Waals surface area contributed by atoms with Gasteiger partial charge in [-0.3, -0.25) is 4.90 Å². The van der Waals surface area contributed by atoms with Crippen molar-refractivity contribution in [1.82, 2.24) is 10.2 Å². The van der Waals surface area contributed by atoms with Crippen molar-refractivity contribution in [3.63, 3.8) is 0 Å². The molecule has 0 unspecified atom stereocenters. The van der Waals surface area contributed by atoms with E-state index >= 15 is 0 Å². The highest BCUT2D eigenvalue weighted by Gasteiger charge is 2.39. The third-order valence-electron chi connectivity index (χ3n) is 9.72. The number of hydrogen-bond acceptors (Lipinski definition) is 6. The summed E-state index contributed by atoms with van der Waals surface area (Å²) in [7, 11) is 2.16. The Balaban J connectivity index is 1.20. The second kappa shape index (κ2) is 16.3. The molecule has 1 aliphatic heterocycles. The number of carbonyl (C=O) groups is 1. The smallest absolute Gasteiger partial charge is 0.407 e. The first-order chi connectivity index (χ1) is 24.3. The Morgan fingerprint density at radius 2 is 1.62 bits per heavy atom. The molecule has 5 aromatic rings. The summed E-state index contributed by atoms with van der Waals surface area (Å²) in [5, 5.41) is 14.9. The van der Waals surface area contributed by atoms with E-state index in [0.29, 0.717) is 6.54 Å². The lowest BCUT2D eigenvalue weighted by molar-refractivity contribution is -0.276. The fraction of sp³-hybridized carbons (Fsp3) is 0.279. The number of likely N-dealkylation sites (N-methyl/N-ethyl adjacent to an activating group) is 1. The van der Waals surface area contributed by atoms with Gasteiger partial charge in [0.2, 0.25) is 0 Å². The van der Waals surface area contributed by atoms with Crippen LogP contribution in [0.4, 0.5) is 4.79 Å². The number of ether oxygens (including phenoxy) is 3. The number of nitrogens with zero attached hydrogens (tertiary/aromatic N) is 1. The van der Waals surface area contributed by atoms with Crippen LogP contribution in [0.15, 0.2) is 128 Å². The minimum absolute atomic E-state index is 0.00121. The Morgan fingerprint density at radius 3 is 2.36 bits per heavy atom. The molecule has 6 rings (SSSR count). The summed E-state index contributed by atoms with van der Waals surface area (Å²) in [6.07, 6.45) is 0.200. The van der Waals surface area contributed by atoms with Crippen LogP contribution in [-0.4, -0.2) is 42.4 Å². The molecule has 5 atom stereocenters. The van der Waals surface area contributed by atoms with Crippen LogP contribution >= 0.6 is 0 Å². The second-order valence-electron chi connectivity index (χ2n) is 13.1. The molecule has 1 fully saturated rings. The predicted molar refractivity (Wildman–Crippen MR) is 198 cm³/mol. The summed E-state index contributed by atoms with van der Waals surface area (Å²) in [5.74, 6) is 0.0714. The molecule has 1 saturated heterocycles. The highest BCUT2D eigenvalue weighted by molar-refractivity contribution is 5.83. The largest absolute Gasteiger partial charge is 0.445 e. The molecule has 1 amide bonds. The third-order valence-corrected chi connectivity index (χ3v) is 9.72. The molecular formula is C43H46N2O5. The zero-order valence-corrected chi connectivity index (χ0v) is 29.0. The molecule has 258 valence electrons. The summed E-state index contributed by atoms with van der Waals surface area (Å²) < 4.78 is 18.5. The van der Waals surface area contributed by atoms with E-state index in [2.05, 4.69) is 129 Å². The normalized spacial score (nSPS) is 19.6. The van der Waals surface area contributed by atoms with Crippen LogP contribution in [-0.2, 0) is 27.4 Å². The van der Waals surface area contributed by atoms with E-state index in [4.69, 9.17) is 14.2 Å². The van der Waals surface area contributed by atoms with E-state index in [1.54, 1.807) is 0 Å². The first-order valence-corrected chi connectivity index (χ1v) is 17.2. The number of hydrogen-bond donors (Lipinski definition) is 2. The molecule has 0 spiro atoms. The van der Waals surface area contributed by atoms with Crippen LogP contribution in [0, 0.1) is 5.92 Å². The summed E-state index contributed by atoms with van der Waals surface area (Å²) in [6.45, 7) is 9.27. The molecular weight excluding hydrogens is 624 g/mol. The van der Waals surface area contributed by atoms with Gasteiger partial charge in [-0.05, 0) is 70.3 Å². The highest BCUT2D eigenvalue weighted by Crippen LogP contribution is 2.42. The van der Waals surface area contributed by atoms with Crippen molar-refractivity contribution < 1.29 is 24.1 Å². The molecule has 5 aromatic carbocycles. The van der Waals surface area contributed by atoms with E-state index in [1.807, 2.05) is 24.3 Å². The van der Waals surface area contributed by atoms with Gasteiger partial charge in [0.1, 0.15) is 6.61 Å². The predicted octanol–water partition coefficient (Wildman–Crippen LogP) is 8.90. The summed E-state index contributed by atoms with van der Waals surface area (Å²) in [5.41, 5.74) is 7.19. The Morgan fingerprint density at radius 1 is 0.880 bits per heavy atom. The average Bonchev–Trinajstić information content (AvgIpc) is 3.16. The monoisotopic (exact) mass is 670 g/mol. The van der Waals surface area contributed by atoms with Gasteiger partial charge in [0.15, 0.2) is 6.29 Å². The van der Waals surface area contributed by atoms with Gasteiger partial charge in [-0.25, -0.2) is 4.79 Å². The van der Waals surface area contributed by atoms with E-state index in [1.165, 1.54) is 22.4 Å². The molecule has 2 N–H and O–H groups in total. The van der Waals surface area contributed by atoms with Crippen LogP contribution < -0.4 is 5.32 Å². The van der Waals surface area contributed by atoms with Crippen molar-refractivity contribution in [3.05, 3.63) is 156 Å². The Kier molecular flexibility index (Phi) is 11.4. The molecule has 0 bridgehead atoms. The van der Waals surface area contributed by atoms with Gasteiger partial charge in [0.05, 0.1) is 18.8 Å². The summed E-state index contributed by atoms with van der Waals surface area (Å²) in [4.78, 5) is 14.3. The summed E-state index contributed by atoms with van der Waals surface area (Å²) >= 11 is 0. The molecule has 1 aliphatic rings. The second-order valence-corrected chi connectivity index (χ2v) is 13.1. The number of carbonyl (C=O) groups excluding carboxylic acids is 1. The number of aliphatic hydroxyl groups is 1. The molecule has 1 heterocycles. The number of amides is 1. The summed E-state index contributed by atoms with van der Waals surface area (Å²) in [6, 6.07) is 39.7. The molecule has 0 aliphatic carbocycles. The quantitative estimate of drug-likeness (QED) is 0.129. The SMILES string of the molecule is C=CCOC(=O)NCc1cccc(-c2ccc([C@@H]3O[C@H](CN(C)[C@H](C)c4ccc5ccccc5c4)[C@H](C)[C@H](c4ccc(CO)cc4)O3)cc2)c1. The average molecular weight is 671 g/mol. The first-order valence-electron chi connectivity index (χ1n) is 17.2. The fourth-order valence-corrected chi connectivity index (χ4v) is 6.55. The number of alkyl carbamates (subject to hydrolysis) is 1. The van der Waals surface area contributed by atoms with Gasteiger partial charge >= 0.3 is 6.09 Å². The molecule has 7 nitrogen and oxygen atoms in total. The number of aliphatic hydroxyl groups excluding tert-OH is 1. The zero-order chi connectivity index (χ0) is 35.0. The van der Waals surface area contributed by atoms with Gasteiger partial charge in [-0.15, -0.1) is 0 Å². The van der Waals surface area contributed by atoms with Crippen LogP contribution in [0.2, 0.25) is 0 Å². The van der Waals surface area contributed by atoms with Crippen LogP contribution in [0.25, 0.3) is 21.9 Å². The maximum atomic E-state index is 11.9. The van der Waals surface area contributed by atoms with Crippen molar-refractivity contribution in [2.75, 3.05) is 20.2 Å². The van der Waals surface area contributed by atoms with Gasteiger partial charge < -0.3 is 24.6 Å². The zero-order valence-electron chi connectivity index (χ0n) is 29.0. The Hall–Kier alpha value is -4.79. The van der Waals surface area contributed by atoms with Crippen LogP contribution in [0.1, 0.15) is 60.1 Å². The van der Waals surface area contributed by atoms with Crippen molar-refractivity contribution in [3.8, 4) is 11.1 Å². The van der Waals surface area contributed by atoms with Crippen molar-refractivity contribution in [2.24, 2.45) is 5.92 Å². The molecule has 7 heteroatoms. The lowest BCUT2D eigenvalue weighted by Crippen LogP contribution is -2.44. The van der Waals surface area contributed by atoms with Gasteiger partial charge in [-0.1, -0.05) is 123 Å². The number of benzene rings is 5. The van der Waals surface area contributed by atoms with Crippen molar-refractivity contribution >= 4 is 16.9 Å². The Labute approximate surface area is 295 Å². The fourth-order valence-electron chi connectivity index (χ4n) is 6.55. The lowest BCUT2D eigenvalue weighted by Gasteiger charge is -2.43. The molecule has 0 radical (unpaired) electrons. The number of rotatable bonds is 12. The van der Waals surface area contributed by atoms with Gasteiger partial charge in [0, 0.05) is 30.6 Å². The van der Waals surface area contributed by atoms with Crippen molar-refractivity contribution in [2.45, 2.75) is 51.5 Å². The third kappa shape index (κ3) is 8.32. The first kappa shape index (κ1) is 35.1. The number of nitrogens with one attached hydrogen (secondary N) is 1. The van der Waals surface area contributed by atoms with Crippen LogP contribution in [0.3, 0.4) is 0 Å². The minimum Gasteiger partial charge on any atom is -0.445 e. The van der Waals surface area contributed by atoms with Gasteiger partial charge in [0.25, 0.3) is 0 Å². The topological polar surface area (TPSA) is 80.3 Å².